The number of rotatable bonds is 1. The van der Waals surface area contributed by atoms with E-state index in [4.69, 9.17) is 11.6 Å². The molecule has 0 heterocycles. The molecule has 0 fully saturated rings. The highest BCUT2D eigenvalue weighted by Crippen LogP contribution is 2.20. The van der Waals surface area contributed by atoms with Crippen molar-refractivity contribution >= 4 is 17.3 Å². The third-order valence-electron chi connectivity index (χ3n) is 1.01. The minimum atomic E-state index is -0.547. The van der Waals surface area contributed by atoms with Gasteiger partial charge in [-0.05, 0) is 23.4 Å². The van der Waals surface area contributed by atoms with Crippen molar-refractivity contribution in [2.75, 3.05) is 0 Å². The molecule has 0 N–H and O–H groups in total. The molecule has 0 aliphatic heterocycles. The van der Waals surface area contributed by atoms with Crippen LogP contribution < -0.4 is 0 Å². The summed E-state index contributed by atoms with van der Waals surface area (Å²) in [6.07, 6.45) is 0. The van der Waals surface area contributed by atoms with Crippen molar-refractivity contribution in [2.24, 2.45) is 5.18 Å². The maximum atomic E-state index is 12.4. The summed E-state index contributed by atoms with van der Waals surface area (Å²) in [5, 5.41) is 2.49. The van der Waals surface area contributed by atoms with E-state index in [1.165, 1.54) is 12.1 Å². The van der Waals surface area contributed by atoms with Gasteiger partial charge < -0.3 is 0 Å². The second kappa shape index (κ2) is 2.75. The molecule has 0 aliphatic carbocycles. The van der Waals surface area contributed by atoms with Crippen molar-refractivity contribution in [1.82, 2.24) is 0 Å². The molecule has 4 heteroatoms. The van der Waals surface area contributed by atoms with Gasteiger partial charge in [-0.3, -0.25) is 0 Å². The van der Waals surface area contributed by atoms with E-state index in [2.05, 4.69) is 5.18 Å². The van der Waals surface area contributed by atoms with Crippen LogP contribution in [-0.4, -0.2) is 0 Å². The van der Waals surface area contributed by atoms with Gasteiger partial charge in [0.15, 0.2) is 0 Å². The zero-order chi connectivity index (χ0) is 7.56. The van der Waals surface area contributed by atoms with Gasteiger partial charge >= 0.3 is 0 Å². The maximum absolute atomic E-state index is 12.4. The third kappa shape index (κ3) is 1.30. The summed E-state index contributed by atoms with van der Waals surface area (Å²) in [4.78, 5) is 9.84. The fraction of sp³-hybridized carbons (Fsp3) is 0. The fourth-order valence-electron chi connectivity index (χ4n) is 0.542. The third-order valence-corrected chi connectivity index (χ3v) is 1.30. The zero-order valence-electron chi connectivity index (χ0n) is 4.84. The van der Waals surface area contributed by atoms with Crippen LogP contribution in [0.4, 0.5) is 10.1 Å². The van der Waals surface area contributed by atoms with Gasteiger partial charge in [0.05, 0.1) is 5.02 Å². The van der Waals surface area contributed by atoms with Crippen LogP contribution in [0.25, 0.3) is 0 Å². The molecule has 2 nitrogen and oxygen atoms in total. The summed E-state index contributed by atoms with van der Waals surface area (Å²) in [6, 6.07) is 3.52. The van der Waals surface area contributed by atoms with E-state index in [1.54, 1.807) is 0 Å². The summed E-state index contributed by atoms with van der Waals surface area (Å²) in [7, 11) is 0. The molecule has 10 heavy (non-hydrogen) atoms. The molecule has 0 saturated heterocycles. The molecule has 0 aliphatic rings. The molecular formula is C6H3ClFNO. The van der Waals surface area contributed by atoms with Crippen molar-refractivity contribution in [2.45, 2.75) is 0 Å². The Balaban J connectivity index is 3.16. The topological polar surface area (TPSA) is 29.4 Å². The lowest BCUT2D eigenvalue weighted by molar-refractivity contribution is 0.628. The largest absolute Gasteiger partial charge is 0.205 e. The van der Waals surface area contributed by atoms with Gasteiger partial charge in [-0.25, -0.2) is 4.39 Å². The standard InChI is InChI=1S/C6H3ClFNO/c7-5-3-4(9-10)1-2-6(5)8/h1-3H. The summed E-state index contributed by atoms with van der Waals surface area (Å²) in [6.45, 7) is 0. The van der Waals surface area contributed by atoms with Gasteiger partial charge in [-0.15, -0.1) is 4.91 Å². The minimum Gasteiger partial charge on any atom is -0.205 e. The summed E-state index contributed by atoms with van der Waals surface area (Å²) in [5.74, 6) is -0.547. The molecule has 0 saturated carbocycles. The highest BCUT2D eigenvalue weighted by molar-refractivity contribution is 6.30. The molecule has 1 aromatic rings. The Morgan fingerprint density at radius 3 is 2.70 bits per heavy atom. The van der Waals surface area contributed by atoms with Crippen LogP contribution in [0.1, 0.15) is 0 Å². The smallest absolute Gasteiger partial charge is 0.141 e. The van der Waals surface area contributed by atoms with Gasteiger partial charge in [0.2, 0.25) is 0 Å². The van der Waals surface area contributed by atoms with Crippen molar-refractivity contribution in [3.8, 4) is 0 Å². The molecule has 52 valence electrons. The second-order valence-electron chi connectivity index (χ2n) is 1.69. The maximum Gasteiger partial charge on any atom is 0.141 e. The number of nitroso groups, excluding NO2 is 1. The van der Waals surface area contributed by atoms with Gasteiger partial charge in [0, 0.05) is 0 Å². The molecule has 1 aromatic carbocycles. The lowest BCUT2D eigenvalue weighted by atomic mass is 10.3. The predicted octanol–water partition coefficient (Wildman–Crippen LogP) is 2.88. The summed E-state index contributed by atoms with van der Waals surface area (Å²) in [5.41, 5.74) is 0.131. The summed E-state index contributed by atoms with van der Waals surface area (Å²) < 4.78 is 12.4. The van der Waals surface area contributed by atoms with E-state index in [1.807, 2.05) is 0 Å². The Morgan fingerprint density at radius 1 is 1.50 bits per heavy atom. The van der Waals surface area contributed by atoms with Gasteiger partial charge in [-0.1, -0.05) is 11.6 Å². The van der Waals surface area contributed by atoms with Crippen LogP contribution in [0.15, 0.2) is 23.4 Å². The lowest BCUT2D eigenvalue weighted by Crippen LogP contribution is -1.72. The molecule has 0 amide bonds. The Morgan fingerprint density at radius 2 is 2.20 bits per heavy atom. The molecule has 0 radical (unpaired) electrons. The van der Waals surface area contributed by atoms with Gasteiger partial charge in [-0.2, -0.15) is 0 Å². The number of hydrogen-bond acceptors (Lipinski definition) is 2. The van der Waals surface area contributed by atoms with Crippen molar-refractivity contribution in [1.29, 1.82) is 0 Å². The van der Waals surface area contributed by atoms with E-state index in [9.17, 15) is 9.30 Å². The highest BCUT2D eigenvalue weighted by atomic mass is 35.5. The van der Waals surface area contributed by atoms with E-state index in [0.717, 1.165) is 6.07 Å². The van der Waals surface area contributed by atoms with E-state index >= 15 is 0 Å². The van der Waals surface area contributed by atoms with Crippen molar-refractivity contribution in [3.05, 3.63) is 33.9 Å². The van der Waals surface area contributed by atoms with E-state index in [0.29, 0.717) is 0 Å². The quantitative estimate of drug-likeness (QED) is 0.580. The number of nitrogens with zero attached hydrogens (tertiary/aromatic N) is 1. The average Bonchev–Trinajstić information content (AvgIpc) is 1.95. The number of hydrogen-bond donors (Lipinski definition) is 0. The van der Waals surface area contributed by atoms with Crippen LogP contribution in [0, 0.1) is 10.7 Å². The lowest BCUT2D eigenvalue weighted by Gasteiger charge is -1.91. The Kier molecular flexibility index (Phi) is 1.97. The first-order chi connectivity index (χ1) is 4.74. The van der Waals surface area contributed by atoms with Gasteiger partial charge in [0.1, 0.15) is 11.5 Å². The molecule has 0 spiro atoms. The first-order valence-electron chi connectivity index (χ1n) is 2.52. The van der Waals surface area contributed by atoms with Crippen LogP contribution in [-0.2, 0) is 0 Å². The van der Waals surface area contributed by atoms with Crippen LogP contribution in [0.2, 0.25) is 5.02 Å². The molecule has 0 bridgehead atoms. The number of halogens is 2. The zero-order valence-corrected chi connectivity index (χ0v) is 5.60. The molecule has 0 unspecified atom stereocenters. The van der Waals surface area contributed by atoms with Crippen LogP contribution >= 0.6 is 11.6 Å². The Hall–Kier alpha value is -0.960. The molecular weight excluding hydrogens is 157 g/mol. The fourth-order valence-corrected chi connectivity index (χ4v) is 0.717. The second-order valence-corrected chi connectivity index (χ2v) is 2.10. The highest BCUT2D eigenvalue weighted by Gasteiger charge is 1.99. The normalized spacial score (nSPS) is 9.40. The SMILES string of the molecule is O=Nc1ccc(F)c(Cl)c1. The predicted molar refractivity (Wildman–Crippen MR) is 36.9 cm³/mol. The minimum absolute atomic E-state index is 0.0860. The monoisotopic (exact) mass is 159 g/mol. The molecule has 0 aromatic heterocycles. The van der Waals surface area contributed by atoms with E-state index in [-0.39, 0.29) is 10.7 Å². The Bertz CT molecular complexity index is 264. The van der Waals surface area contributed by atoms with Crippen LogP contribution in [0.3, 0.4) is 0 Å². The van der Waals surface area contributed by atoms with E-state index < -0.39 is 5.82 Å². The van der Waals surface area contributed by atoms with Crippen LogP contribution in [0.5, 0.6) is 0 Å². The van der Waals surface area contributed by atoms with Crippen molar-refractivity contribution in [3.63, 3.8) is 0 Å². The average molecular weight is 160 g/mol. The number of benzene rings is 1. The molecule has 0 atom stereocenters. The Labute approximate surface area is 61.6 Å². The first-order valence-corrected chi connectivity index (χ1v) is 2.90. The van der Waals surface area contributed by atoms with Crippen molar-refractivity contribution < 1.29 is 4.39 Å². The first kappa shape index (κ1) is 7.15. The van der Waals surface area contributed by atoms with Gasteiger partial charge in [0.25, 0.3) is 0 Å². The molecule has 1 rings (SSSR count). The summed E-state index contributed by atoms with van der Waals surface area (Å²) >= 11 is 5.32.